The second-order valence-electron chi connectivity index (χ2n) is 8.10. The Hall–Kier alpha value is -3.99. The summed E-state index contributed by atoms with van der Waals surface area (Å²) in [5, 5.41) is 5.33. The first-order chi connectivity index (χ1) is 16.5. The van der Waals surface area contributed by atoms with Gasteiger partial charge in [-0.1, -0.05) is 35.6 Å². The summed E-state index contributed by atoms with van der Waals surface area (Å²) in [6.07, 6.45) is 8.51. The molecule has 11 heteroatoms. The lowest BCUT2D eigenvalue weighted by molar-refractivity contribution is -0.136. The van der Waals surface area contributed by atoms with Crippen molar-refractivity contribution in [3.8, 4) is 21.7 Å². The number of likely N-dealkylation sites (tertiary alicyclic amines) is 1. The highest BCUT2D eigenvalue weighted by Crippen LogP contribution is 2.31. The molecule has 0 aliphatic carbocycles. The fourth-order valence-corrected chi connectivity index (χ4v) is 5.04. The molecule has 1 unspecified atom stereocenters. The SMILES string of the molecule is CC(=O)NCC(=O)N1CCCC1C(=O)Nc1cn2cc(-c3ccc(-c4cnc[nH]4)cc3)sc2n1. The van der Waals surface area contributed by atoms with Gasteiger partial charge < -0.3 is 20.5 Å². The zero-order chi connectivity index (χ0) is 23.7. The summed E-state index contributed by atoms with van der Waals surface area (Å²) >= 11 is 1.52. The van der Waals surface area contributed by atoms with E-state index in [4.69, 9.17) is 0 Å². The van der Waals surface area contributed by atoms with Crippen LogP contribution in [-0.4, -0.2) is 61.1 Å². The average molecular weight is 478 g/mol. The summed E-state index contributed by atoms with van der Waals surface area (Å²) in [6.45, 7) is 1.75. The summed E-state index contributed by atoms with van der Waals surface area (Å²) in [4.78, 5) is 51.3. The first-order valence-electron chi connectivity index (χ1n) is 10.9. The zero-order valence-corrected chi connectivity index (χ0v) is 19.3. The monoisotopic (exact) mass is 477 g/mol. The fraction of sp³-hybridized carbons (Fsp3) is 0.261. The summed E-state index contributed by atoms with van der Waals surface area (Å²) in [6, 6.07) is 7.62. The number of nitrogens with one attached hydrogen (secondary N) is 3. The Morgan fingerprint density at radius 3 is 2.68 bits per heavy atom. The van der Waals surface area contributed by atoms with Gasteiger partial charge in [-0.2, -0.15) is 0 Å². The van der Waals surface area contributed by atoms with Crippen molar-refractivity contribution >= 4 is 39.8 Å². The van der Waals surface area contributed by atoms with E-state index < -0.39 is 6.04 Å². The van der Waals surface area contributed by atoms with Crippen LogP contribution in [0.5, 0.6) is 0 Å². The highest BCUT2D eigenvalue weighted by Gasteiger charge is 2.34. The van der Waals surface area contributed by atoms with Crippen LogP contribution in [0.2, 0.25) is 0 Å². The van der Waals surface area contributed by atoms with Crippen molar-refractivity contribution in [3.05, 3.63) is 49.2 Å². The predicted octanol–water partition coefficient (Wildman–Crippen LogP) is 2.52. The molecule has 0 bridgehead atoms. The summed E-state index contributed by atoms with van der Waals surface area (Å²) in [5.41, 5.74) is 3.10. The number of rotatable bonds is 6. The maximum atomic E-state index is 12.8. The molecule has 1 aliphatic heterocycles. The first-order valence-corrected chi connectivity index (χ1v) is 11.7. The third kappa shape index (κ3) is 4.42. The quantitative estimate of drug-likeness (QED) is 0.394. The highest BCUT2D eigenvalue weighted by molar-refractivity contribution is 7.20. The number of carbonyl (C=O) groups excluding carboxylic acids is 3. The Morgan fingerprint density at radius 2 is 1.97 bits per heavy atom. The van der Waals surface area contributed by atoms with Gasteiger partial charge in [-0.3, -0.25) is 18.8 Å². The van der Waals surface area contributed by atoms with Crippen LogP contribution in [-0.2, 0) is 14.4 Å². The van der Waals surface area contributed by atoms with Crippen LogP contribution in [0.1, 0.15) is 19.8 Å². The van der Waals surface area contributed by atoms with Crippen molar-refractivity contribution in [1.29, 1.82) is 0 Å². The molecule has 3 aromatic heterocycles. The number of aromatic amines is 1. The molecule has 4 heterocycles. The van der Waals surface area contributed by atoms with Crippen LogP contribution in [0.15, 0.2) is 49.2 Å². The first kappa shape index (κ1) is 21.8. The number of anilines is 1. The Labute approximate surface area is 199 Å². The molecule has 1 fully saturated rings. The minimum atomic E-state index is -0.565. The van der Waals surface area contributed by atoms with Crippen molar-refractivity contribution in [3.63, 3.8) is 0 Å². The van der Waals surface area contributed by atoms with Gasteiger partial charge in [0.1, 0.15) is 6.04 Å². The number of hydrogen-bond donors (Lipinski definition) is 3. The van der Waals surface area contributed by atoms with Crippen LogP contribution in [0.25, 0.3) is 26.7 Å². The summed E-state index contributed by atoms with van der Waals surface area (Å²) in [7, 11) is 0. The normalized spacial score (nSPS) is 15.6. The molecule has 1 saturated heterocycles. The summed E-state index contributed by atoms with van der Waals surface area (Å²) < 4.78 is 1.88. The average Bonchev–Trinajstić information content (AvgIpc) is 3.61. The molecule has 34 heavy (non-hydrogen) atoms. The van der Waals surface area contributed by atoms with Crippen LogP contribution < -0.4 is 10.6 Å². The van der Waals surface area contributed by atoms with Gasteiger partial charge >= 0.3 is 0 Å². The lowest BCUT2D eigenvalue weighted by Gasteiger charge is -2.23. The summed E-state index contributed by atoms with van der Waals surface area (Å²) in [5.74, 6) is -0.366. The molecule has 174 valence electrons. The molecule has 4 aromatic rings. The van der Waals surface area contributed by atoms with E-state index in [9.17, 15) is 14.4 Å². The van der Waals surface area contributed by atoms with Gasteiger partial charge in [-0.15, -0.1) is 0 Å². The van der Waals surface area contributed by atoms with Gasteiger partial charge in [0.25, 0.3) is 0 Å². The third-order valence-electron chi connectivity index (χ3n) is 5.75. The van der Waals surface area contributed by atoms with Crippen LogP contribution in [0.3, 0.4) is 0 Å². The van der Waals surface area contributed by atoms with Crippen molar-refractivity contribution in [2.45, 2.75) is 25.8 Å². The van der Waals surface area contributed by atoms with E-state index in [1.165, 1.54) is 23.2 Å². The fourth-order valence-electron chi connectivity index (χ4n) is 4.07. The van der Waals surface area contributed by atoms with Gasteiger partial charge in [-0.25, -0.2) is 9.97 Å². The van der Waals surface area contributed by atoms with E-state index in [1.54, 1.807) is 18.7 Å². The molecule has 1 aromatic carbocycles. The Morgan fingerprint density at radius 1 is 1.18 bits per heavy atom. The number of amides is 3. The van der Waals surface area contributed by atoms with E-state index in [2.05, 4.69) is 37.7 Å². The molecule has 0 saturated carbocycles. The number of hydrogen-bond acceptors (Lipinski definition) is 6. The van der Waals surface area contributed by atoms with Gasteiger partial charge in [0.05, 0.1) is 35.8 Å². The maximum Gasteiger partial charge on any atom is 0.248 e. The minimum absolute atomic E-state index is 0.106. The molecule has 0 spiro atoms. The zero-order valence-electron chi connectivity index (χ0n) is 18.4. The van der Waals surface area contributed by atoms with Gasteiger partial charge in [0.15, 0.2) is 10.8 Å². The molecule has 1 aliphatic rings. The van der Waals surface area contributed by atoms with Gasteiger partial charge in [-0.05, 0) is 24.0 Å². The van der Waals surface area contributed by atoms with Crippen LogP contribution >= 0.6 is 11.3 Å². The number of carbonyl (C=O) groups is 3. The smallest absolute Gasteiger partial charge is 0.248 e. The molecular weight excluding hydrogens is 454 g/mol. The van der Waals surface area contributed by atoms with Gasteiger partial charge in [0.2, 0.25) is 17.7 Å². The van der Waals surface area contributed by atoms with E-state index >= 15 is 0 Å². The van der Waals surface area contributed by atoms with Crippen LogP contribution in [0, 0.1) is 0 Å². The molecule has 3 amide bonds. The Bertz CT molecular complexity index is 1310. The van der Waals surface area contributed by atoms with Crippen molar-refractivity contribution in [1.82, 2.24) is 29.6 Å². The molecule has 10 nitrogen and oxygen atoms in total. The lowest BCUT2D eigenvalue weighted by atomic mass is 10.1. The molecular formula is C23H23N7O3S. The number of thiazole rings is 1. The number of H-pyrrole nitrogens is 1. The van der Waals surface area contributed by atoms with E-state index in [-0.39, 0.29) is 24.3 Å². The predicted molar refractivity (Wildman–Crippen MR) is 128 cm³/mol. The standard InChI is InChI=1S/C23H23N7O3S/c1-14(31)25-10-21(32)30-8-2-3-18(30)22(33)27-20-12-29-11-19(34-23(29)28-20)16-6-4-15(5-7-16)17-9-24-13-26-17/h4-7,9,11-13,18H,2-3,8,10H2,1H3,(H,24,26)(H,25,31)(H,27,33). The second-order valence-corrected chi connectivity index (χ2v) is 9.11. The number of aromatic nitrogens is 4. The van der Waals surface area contributed by atoms with Gasteiger partial charge in [0, 0.05) is 19.7 Å². The molecule has 3 N–H and O–H groups in total. The Balaban J connectivity index is 1.26. The number of imidazole rings is 2. The van der Waals surface area contributed by atoms with E-state index in [1.807, 2.05) is 22.7 Å². The number of fused-ring (bicyclic) bond motifs is 1. The maximum absolute atomic E-state index is 12.8. The Kier molecular flexibility index (Phi) is 5.84. The van der Waals surface area contributed by atoms with Crippen molar-refractivity contribution in [2.75, 3.05) is 18.4 Å². The van der Waals surface area contributed by atoms with E-state index in [0.717, 1.165) is 33.1 Å². The third-order valence-corrected chi connectivity index (χ3v) is 6.80. The minimum Gasteiger partial charge on any atom is -0.347 e. The van der Waals surface area contributed by atoms with Crippen LogP contribution in [0.4, 0.5) is 5.82 Å². The van der Waals surface area contributed by atoms with E-state index in [0.29, 0.717) is 18.8 Å². The topological polar surface area (TPSA) is 124 Å². The number of nitrogens with zero attached hydrogens (tertiary/aromatic N) is 4. The molecule has 5 rings (SSSR count). The molecule has 0 radical (unpaired) electrons. The largest absolute Gasteiger partial charge is 0.347 e. The highest BCUT2D eigenvalue weighted by atomic mass is 32.1. The van der Waals surface area contributed by atoms with Crippen molar-refractivity contribution < 1.29 is 14.4 Å². The van der Waals surface area contributed by atoms with Crippen molar-refractivity contribution in [2.24, 2.45) is 0 Å². The second kappa shape index (κ2) is 9.10. The lowest BCUT2D eigenvalue weighted by Crippen LogP contribution is -2.47. The number of benzene rings is 1. The molecule has 1 atom stereocenters.